The maximum atomic E-state index is 12.7. The summed E-state index contributed by atoms with van der Waals surface area (Å²) < 4.78 is 0. The number of para-hydroxylation sites is 1. The van der Waals surface area contributed by atoms with Gasteiger partial charge in [-0.15, -0.1) is 0 Å². The first kappa shape index (κ1) is 16.6. The van der Waals surface area contributed by atoms with Gasteiger partial charge in [0.05, 0.1) is 13.0 Å². The number of benzene rings is 2. The molecule has 1 aromatic heterocycles. The lowest BCUT2D eigenvalue weighted by atomic mass is 10.1. The summed E-state index contributed by atoms with van der Waals surface area (Å²) in [6.07, 6.45) is 2.18. The number of rotatable bonds is 6. The standard InChI is InChI=1S/C19H19ClN2O2/c20-16-7-5-14(6-8-16)13-22(9-10-23)19(24)11-15-12-21-18-4-2-1-3-17(15)18/h1-8,12,21,23H,9-11,13H2. The molecule has 0 saturated carbocycles. The minimum Gasteiger partial charge on any atom is -0.395 e. The van der Waals surface area contributed by atoms with Crippen molar-refractivity contribution in [3.63, 3.8) is 0 Å². The smallest absolute Gasteiger partial charge is 0.227 e. The monoisotopic (exact) mass is 342 g/mol. The van der Waals surface area contributed by atoms with Gasteiger partial charge in [-0.25, -0.2) is 0 Å². The zero-order chi connectivity index (χ0) is 16.9. The molecule has 4 nitrogen and oxygen atoms in total. The van der Waals surface area contributed by atoms with Crippen molar-refractivity contribution in [3.05, 3.63) is 70.9 Å². The molecule has 0 unspecified atom stereocenters. The number of carbonyl (C=O) groups is 1. The van der Waals surface area contributed by atoms with E-state index in [-0.39, 0.29) is 12.5 Å². The number of nitrogens with zero attached hydrogens (tertiary/aromatic N) is 1. The van der Waals surface area contributed by atoms with E-state index in [1.54, 1.807) is 17.0 Å². The highest BCUT2D eigenvalue weighted by Crippen LogP contribution is 2.19. The van der Waals surface area contributed by atoms with Gasteiger partial charge in [-0.3, -0.25) is 4.79 Å². The summed E-state index contributed by atoms with van der Waals surface area (Å²) in [6.45, 7) is 0.704. The molecule has 3 rings (SSSR count). The molecule has 0 aliphatic carbocycles. The fraction of sp³-hybridized carbons (Fsp3) is 0.211. The van der Waals surface area contributed by atoms with E-state index in [1.165, 1.54) is 0 Å². The Labute approximate surface area is 145 Å². The molecule has 0 atom stereocenters. The Morgan fingerprint density at radius 2 is 1.88 bits per heavy atom. The quantitative estimate of drug-likeness (QED) is 0.721. The Balaban J connectivity index is 1.75. The molecule has 0 bridgehead atoms. The number of nitrogens with one attached hydrogen (secondary N) is 1. The summed E-state index contributed by atoms with van der Waals surface area (Å²) in [6, 6.07) is 15.3. The lowest BCUT2D eigenvalue weighted by Gasteiger charge is -2.22. The number of aromatic nitrogens is 1. The first-order valence-electron chi connectivity index (χ1n) is 7.85. The van der Waals surface area contributed by atoms with Crippen LogP contribution in [-0.2, 0) is 17.8 Å². The van der Waals surface area contributed by atoms with Crippen molar-refractivity contribution in [2.75, 3.05) is 13.2 Å². The van der Waals surface area contributed by atoms with Crippen LogP contribution in [0.25, 0.3) is 10.9 Å². The Kier molecular flexibility index (Phi) is 5.18. The van der Waals surface area contributed by atoms with Crippen molar-refractivity contribution < 1.29 is 9.90 Å². The third kappa shape index (κ3) is 3.78. The summed E-state index contributed by atoms with van der Waals surface area (Å²) in [5.41, 5.74) is 2.97. The zero-order valence-corrected chi connectivity index (χ0v) is 14.0. The van der Waals surface area contributed by atoms with Crippen LogP contribution in [0.1, 0.15) is 11.1 Å². The van der Waals surface area contributed by atoms with Crippen molar-refractivity contribution in [2.24, 2.45) is 0 Å². The number of H-pyrrole nitrogens is 1. The van der Waals surface area contributed by atoms with Gasteiger partial charge in [0.2, 0.25) is 5.91 Å². The Hall–Kier alpha value is -2.30. The van der Waals surface area contributed by atoms with E-state index in [9.17, 15) is 9.90 Å². The van der Waals surface area contributed by atoms with E-state index in [1.807, 2.05) is 42.6 Å². The molecule has 0 aliphatic rings. The van der Waals surface area contributed by atoms with Crippen LogP contribution in [0.5, 0.6) is 0 Å². The van der Waals surface area contributed by atoms with E-state index in [0.717, 1.165) is 22.0 Å². The highest BCUT2D eigenvalue weighted by atomic mass is 35.5. The predicted octanol–water partition coefficient (Wildman–Crippen LogP) is 3.38. The van der Waals surface area contributed by atoms with Gasteiger partial charge in [-0.2, -0.15) is 0 Å². The topological polar surface area (TPSA) is 56.3 Å². The number of carbonyl (C=O) groups excluding carboxylic acids is 1. The Bertz CT molecular complexity index is 827. The van der Waals surface area contributed by atoms with E-state index in [2.05, 4.69) is 4.98 Å². The molecule has 0 fully saturated rings. The highest BCUT2D eigenvalue weighted by Gasteiger charge is 2.16. The van der Waals surface area contributed by atoms with Gasteiger partial charge in [0.25, 0.3) is 0 Å². The molecule has 2 aromatic carbocycles. The third-order valence-corrected chi connectivity index (χ3v) is 4.28. The van der Waals surface area contributed by atoms with Crippen molar-refractivity contribution in [3.8, 4) is 0 Å². The van der Waals surface area contributed by atoms with Gasteiger partial charge in [0, 0.05) is 35.2 Å². The molecule has 1 amide bonds. The highest BCUT2D eigenvalue weighted by molar-refractivity contribution is 6.30. The molecule has 124 valence electrons. The van der Waals surface area contributed by atoms with E-state index in [0.29, 0.717) is 24.5 Å². The molecule has 0 saturated heterocycles. The predicted molar refractivity (Wildman–Crippen MR) is 96.0 cm³/mol. The molecule has 2 N–H and O–H groups in total. The van der Waals surface area contributed by atoms with Gasteiger partial charge in [-0.05, 0) is 29.3 Å². The number of fused-ring (bicyclic) bond motifs is 1. The van der Waals surface area contributed by atoms with Gasteiger partial charge >= 0.3 is 0 Å². The summed E-state index contributed by atoms with van der Waals surface area (Å²) in [5, 5.41) is 11.0. The first-order chi connectivity index (χ1) is 11.7. The van der Waals surface area contributed by atoms with Gasteiger partial charge in [0.1, 0.15) is 0 Å². The van der Waals surface area contributed by atoms with Crippen LogP contribution in [0.15, 0.2) is 54.7 Å². The zero-order valence-electron chi connectivity index (χ0n) is 13.2. The summed E-state index contributed by atoms with van der Waals surface area (Å²) in [5.74, 6) is -0.0104. The SMILES string of the molecule is O=C(Cc1c[nH]c2ccccc12)N(CCO)Cc1ccc(Cl)cc1. The molecule has 24 heavy (non-hydrogen) atoms. The van der Waals surface area contributed by atoms with Crippen LogP contribution in [0.4, 0.5) is 0 Å². The molecular weight excluding hydrogens is 324 g/mol. The van der Waals surface area contributed by atoms with Crippen molar-refractivity contribution >= 4 is 28.4 Å². The number of amides is 1. The maximum absolute atomic E-state index is 12.7. The normalized spacial score (nSPS) is 10.9. The van der Waals surface area contributed by atoms with Gasteiger partial charge in [0.15, 0.2) is 0 Å². The van der Waals surface area contributed by atoms with Crippen LogP contribution in [-0.4, -0.2) is 34.0 Å². The van der Waals surface area contributed by atoms with E-state index < -0.39 is 0 Å². The number of hydrogen-bond acceptors (Lipinski definition) is 2. The average Bonchev–Trinajstić information content (AvgIpc) is 2.99. The second-order valence-corrected chi connectivity index (χ2v) is 6.14. The summed E-state index contributed by atoms with van der Waals surface area (Å²) in [4.78, 5) is 17.5. The number of halogens is 1. The summed E-state index contributed by atoms with van der Waals surface area (Å²) in [7, 11) is 0. The van der Waals surface area contributed by atoms with Crippen molar-refractivity contribution in [1.82, 2.24) is 9.88 Å². The third-order valence-electron chi connectivity index (χ3n) is 4.03. The van der Waals surface area contributed by atoms with Gasteiger partial charge < -0.3 is 15.0 Å². The molecule has 5 heteroatoms. The van der Waals surface area contributed by atoms with Gasteiger partial charge in [-0.1, -0.05) is 41.9 Å². The van der Waals surface area contributed by atoms with Crippen LogP contribution in [0, 0.1) is 0 Å². The van der Waals surface area contributed by atoms with Crippen LogP contribution >= 0.6 is 11.6 Å². The number of aliphatic hydroxyl groups excluding tert-OH is 1. The molecule has 3 aromatic rings. The van der Waals surface area contributed by atoms with Crippen molar-refractivity contribution in [1.29, 1.82) is 0 Å². The van der Waals surface area contributed by atoms with Crippen LogP contribution in [0.2, 0.25) is 5.02 Å². The second-order valence-electron chi connectivity index (χ2n) is 5.70. The molecule has 1 heterocycles. The van der Waals surface area contributed by atoms with Crippen LogP contribution < -0.4 is 0 Å². The fourth-order valence-electron chi connectivity index (χ4n) is 2.78. The van der Waals surface area contributed by atoms with E-state index >= 15 is 0 Å². The number of hydrogen-bond donors (Lipinski definition) is 2. The van der Waals surface area contributed by atoms with E-state index in [4.69, 9.17) is 11.6 Å². The number of aliphatic hydroxyl groups is 1. The Morgan fingerprint density at radius 3 is 2.62 bits per heavy atom. The van der Waals surface area contributed by atoms with Crippen molar-refractivity contribution in [2.45, 2.75) is 13.0 Å². The largest absolute Gasteiger partial charge is 0.395 e. The Morgan fingerprint density at radius 1 is 1.12 bits per heavy atom. The molecule has 0 spiro atoms. The molecule has 0 radical (unpaired) electrons. The first-order valence-corrected chi connectivity index (χ1v) is 8.23. The minimum absolute atomic E-state index is 0.0104. The lowest BCUT2D eigenvalue weighted by molar-refractivity contribution is -0.131. The number of aromatic amines is 1. The maximum Gasteiger partial charge on any atom is 0.227 e. The van der Waals surface area contributed by atoms with Crippen LogP contribution in [0.3, 0.4) is 0 Å². The lowest BCUT2D eigenvalue weighted by Crippen LogP contribution is -2.34. The second kappa shape index (κ2) is 7.51. The molecular formula is C19H19ClN2O2. The molecule has 0 aliphatic heterocycles. The fourth-order valence-corrected chi connectivity index (χ4v) is 2.90. The average molecular weight is 343 g/mol. The minimum atomic E-state index is -0.0623. The summed E-state index contributed by atoms with van der Waals surface area (Å²) >= 11 is 5.90.